The number of carbonyl (C=O) groups excluding carboxylic acids is 1. The predicted molar refractivity (Wildman–Crippen MR) is 79.9 cm³/mol. The standard InChI is InChI=1S/C17H15F4NO2/c1-10(11-7-8-13(18)14(19)9-11)22(2)16(23)12-5-3-4-6-15(12)24-17(20)21/h3-10,17H,1-2H3. The van der Waals surface area contributed by atoms with E-state index >= 15 is 0 Å². The van der Waals surface area contributed by atoms with Gasteiger partial charge in [-0.3, -0.25) is 4.79 Å². The molecule has 3 nitrogen and oxygen atoms in total. The van der Waals surface area contributed by atoms with Crippen LogP contribution in [0.1, 0.15) is 28.9 Å². The van der Waals surface area contributed by atoms with Gasteiger partial charge in [-0.2, -0.15) is 8.78 Å². The van der Waals surface area contributed by atoms with Gasteiger partial charge in [0.2, 0.25) is 0 Å². The zero-order chi connectivity index (χ0) is 17.9. The summed E-state index contributed by atoms with van der Waals surface area (Å²) in [4.78, 5) is 13.8. The zero-order valence-electron chi connectivity index (χ0n) is 13.0. The maximum atomic E-state index is 13.4. The molecule has 2 aromatic rings. The highest BCUT2D eigenvalue weighted by Crippen LogP contribution is 2.26. The van der Waals surface area contributed by atoms with Crippen molar-refractivity contribution in [2.75, 3.05) is 7.05 Å². The van der Waals surface area contributed by atoms with Gasteiger partial charge in [0, 0.05) is 7.05 Å². The van der Waals surface area contributed by atoms with Crippen molar-refractivity contribution in [2.24, 2.45) is 0 Å². The van der Waals surface area contributed by atoms with Crippen molar-refractivity contribution in [3.05, 3.63) is 65.2 Å². The third-order valence-corrected chi connectivity index (χ3v) is 3.66. The topological polar surface area (TPSA) is 29.5 Å². The maximum absolute atomic E-state index is 13.4. The van der Waals surface area contributed by atoms with E-state index in [0.29, 0.717) is 5.56 Å². The molecule has 0 bridgehead atoms. The Hall–Kier alpha value is -2.57. The van der Waals surface area contributed by atoms with Crippen LogP contribution >= 0.6 is 0 Å². The van der Waals surface area contributed by atoms with E-state index in [1.165, 1.54) is 42.3 Å². The van der Waals surface area contributed by atoms with Crippen molar-refractivity contribution in [2.45, 2.75) is 19.6 Å². The zero-order valence-corrected chi connectivity index (χ0v) is 13.0. The van der Waals surface area contributed by atoms with Crippen molar-refractivity contribution >= 4 is 5.91 Å². The van der Waals surface area contributed by atoms with E-state index < -0.39 is 30.2 Å². The lowest BCUT2D eigenvalue weighted by molar-refractivity contribution is -0.0502. The molecule has 0 fully saturated rings. The molecule has 1 unspecified atom stereocenters. The Morgan fingerprint density at radius 2 is 1.75 bits per heavy atom. The minimum Gasteiger partial charge on any atom is -0.434 e. The third kappa shape index (κ3) is 3.84. The second-order valence-electron chi connectivity index (χ2n) is 5.14. The summed E-state index contributed by atoms with van der Waals surface area (Å²) in [5, 5.41) is 0. The molecule has 0 N–H and O–H groups in total. The molecule has 2 aromatic carbocycles. The summed E-state index contributed by atoms with van der Waals surface area (Å²) in [7, 11) is 1.44. The van der Waals surface area contributed by atoms with Crippen LogP contribution in [-0.2, 0) is 0 Å². The number of rotatable bonds is 5. The average molecular weight is 341 g/mol. The minimum atomic E-state index is -3.06. The molecule has 7 heteroatoms. The Balaban J connectivity index is 2.27. The molecule has 0 aliphatic rings. The number of alkyl halides is 2. The summed E-state index contributed by atoms with van der Waals surface area (Å²) in [6, 6.07) is 8.30. The van der Waals surface area contributed by atoms with Gasteiger partial charge in [-0.25, -0.2) is 8.78 Å². The first-order valence-corrected chi connectivity index (χ1v) is 7.07. The number of para-hydroxylation sites is 1. The fraction of sp³-hybridized carbons (Fsp3) is 0.235. The van der Waals surface area contributed by atoms with Crippen molar-refractivity contribution in [1.82, 2.24) is 4.90 Å². The van der Waals surface area contributed by atoms with Crippen LogP contribution in [0.15, 0.2) is 42.5 Å². The Morgan fingerprint density at radius 3 is 2.38 bits per heavy atom. The molecule has 0 spiro atoms. The van der Waals surface area contributed by atoms with Crippen LogP contribution in [0.2, 0.25) is 0 Å². The van der Waals surface area contributed by atoms with Crippen LogP contribution in [0.25, 0.3) is 0 Å². The molecule has 0 saturated heterocycles. The molecule has 0 aliphatic heterocycles. The number of ether oxygens (including phenoxy) is 1. The molecular formula is C17H15F4NO2. The van der Waals surface area contributed by atoms with Crippen molar-refractivity contribution in [1.29, 1.82) is 0 Å². The summed E-state index contributed by atoms with van der Waals surface area (Å²) >= 11 is 0. The van der Waals surface area contributed by atoms with Crippen molar-refractivity contribution in [3.8, 4) is 5.75 Å². The molecule has 24 heavy (non-hydrogen) atoms. The predicted octanol–water partition coefficient (Wildman–Crippen LogP) is 4.40. The SMILES string of the molecule is CC(c1ccc(F)c(F)c1)N(C)C(=O)c1ccccc1OC(F)F. The number of carbonyl (C=O) groups is 1. The monoisotopic (exact) mass is 341 g/mol. The second kappa shape index (κ2) is 7.33. The number of hydrogen-bond acceptors (Lipinski definition) is 2. The first-order chi connectivity index (χ1) is 11.3. The quantitative estimate of drug-likeness (QED) is 0.755. The van der Waals surface area contributed by atoms with Crippen LogP contribution in [0, 0.1) is 11.6 Å². The van der Waals surface area contributed by atoms with Crippen LogP contribution in [0.5, 0.6) is 5.75 Å². The Labute approximate surface area is 136 Å². The fourth-order valence-corrected chi connectivity index (χ4v) is 2.20. The van der Waals surface area contributed by atoms with E-state index in [1.807, 2.05) is 0 Å². The smallest absolute Gasteiger partial charge is 0.387 e. The van der Waals surface area contributed by atoms with Gasteiger partial charge >= 0.3 is 6.61 Å². The second-order valence-corrected chi connectivity index (χ2v) is 5.14. The number of benzene rings is 2. The lowest BCUT2D eigenvalue weighted by Crippen LogP contribution is -2.30. The molecule has 0 aromatic heterocycles. The van der Waals surface area contributed by atoms with E-state index in [1.54, 1.807) is 6.92 Å². The highest BCUT2D eigenvalue weighted by molar-refractivity contribution is 5.97. The van der Waals surface area contributed by atoms with Crippen molar-refractivity contribution < 1.29 is 27.1 Å². The van der Waals surface area contributed by atoms with Crippen LogP contribution < -0.4 is 4.74 Å². The van der Waals surface area contributed by atoms with Crippen LogP contribution in [-0.4, -0.2) is 24.5 Å². The molecular weight excluding hydrogens is 326 g/mol. The molecule has 0 radical (unpaired) electrons. The van der Waals surface area contributed by atoms with Gasteiger partial charge in [0.05, 0.1) is 11.6 Å². The average Bonchev–Trinajstić information content (AvgIpc) is 2.55. The van der Waals surface area contributed by atoms with Gasteiger partial charge < -0.3 is 9.64 Å². The van der Waals surface area contributed by atoms with Crippen LogP contribution in [0.3, 0.4) is 0 Å². The summed E-state index contributed by atoms with van der Waals surface area (Å²) < 4.78 is 55.6. The molecule has 0 heterocycles. The van der Waals surface area contributed by atoms with E-state index in [9.17, 15) is 22.4 Å². The summed E-state index contributed by atoms with van der Waals surface area (Å²) in [5.74, 6) is -2.84. The molecule has 1 atom stereocenters. The third-order valence-electron chi connectivity index (χ3n) is 3.66. The summed E-state index contributed by atoms with van der Waals surface area (Å²) in [6.07, 6.45) is 0. The van der Waals surface area contributed by atoms with E-state index in [0.717, 1.165) is 12.1 Å². The minimum absolute atomic E-state index is 0.0465. The molecule has 128 valence electrons. The van der Waals surface area contributed by atoms with Crippen LogP contribution in [0.4, 0.5) is 17.6 Å². The number of nitrogens with zero attached hydrogens (tertiary/aromatic N) is 1. The van der Waals surface area contributed by atoms with E-state index in [2.05, 4.69) is 4.74 Å². The Bertz CT molecular complexity index is 736. The molecule has 0 aliphatic carbocycles. The van der Waals surface area contributed by atoms with Gasteiger partial charge in [-0.1, -0.05) is 18.2 Å². The highest BCUT2D eigenvalue weighted by Gasteiger charge is 2.23. The lowest BCUT2D eigenvalue weighted by Gasteiger charge is -2.26. The maximum Gasteiger partial charge on any atom is 0.387 e. The van der Waals surface area contributed by atoms with E-state index in [-0.39, 0.29) is 11.3 Å². The molecule has 1 amide bonds. The first kappa shape index (κ1) is 17.8. The Morgan fingerprint density at radius 1 is 1.08 bits per heavy atom. The highest BCUT2D eigenvalue weighted by atomic mass is 19.3. The number of amides is 1. The lowest BCUT2D eigenvalue weighted by atomic mass is 10.1. The largest absolute Gasteiger partial charge is 0.434 e. The summed E-state index contributed by atoms with van der Waals surface area (Å²) in [6.45, 7) is -1.45. The summed E-state index contributed by atoms with van der Waals surface area (Å²) in [5.41, 5.74) is 0.326. The fourth-order valence-electron chi connectivity index (χ4n) is 2.20. The number of halogens is 4. The van der Waals surface area contributed by atoms with Gasteiger partial charge in [-0.05, 0) is 36.8 Å². The molecule has 0 saturated carbocycles. The normalized spacial score (nSPS) is 12.1. The van der Waals surface area contributed by atoms with Gasteiger partial charge in [0.25, 0.3) is 5.91 Å². The Kier molecular flexibility index (Phi) is 5.43. The van der Waals surface area contributed by atoms with Gasteiger partial charge in [-0.15, -0.1) is 0 Å². The van der Waals surface area contributed by atoms with E-state index in [4.69, 9.17) is 0 Å². The first-order valence-electron chi connectivity index (χ1n) is 7.07. The molecule has 2 rings (SSSR count). The van der Waals surface area contributed by atoms with Gasteiger partial charge in [0.15, 0.2) is 11.6 Å². The number of hydrogen-bond donors (Lipinski definition) is 0. The van der Waals surface area contributed by atoms with Crippen molar-refractivity contribution in [3.63, 3.8) is 0 Å². The van der Waals surface area contributed by atoms with Gasteiger partial charge in [0.1, 0.15) is 5.75 Å².